The maximum atomic E-state index is 11.9. The second-order valence-electron chi connectivity index (χ2n) is 4.25. The van der Waals surface area contributed by atoms with Gasteiger partial charge in [-0.3, -0.25) is 4.98 Å². The number of benzene rings is 1. The highest BCUT2D eigenvalue weighted by molar-refractivity contribution is 5.90. The fourth-order valence-corrected chi connectivity index (χ4v) is 1.77. The van der Waals surface area contributed by atoms with Crippen molar-refractivity contribution in [2.45, 2.75) is 13.2 Å². The lowest BCUT2D eigenvalue weighted by Crippen LogP contribution is -2.28. The molecule has 2 N–H and O–H groups in total. The van der Waals surface area contributed by atoms with E-state index in [1.807, 2.05) is 36.4 Å². The van der Waals surface area contributed by atoms with E-state index >= 15 is 0 Å². The van der Waals surface area contributed by atoms with Crippen molar-refractivity contribution < 1.29 is 9.53 Å². The minimum Gasteiger partial charge on any atom is -0.380 e. The molecule has 0 aliphatic carbocycles. The first-order valence-electron chi connectivity index (χ1n) is 6.30. The molecule has 20 heavy (non-hydrogen) atoms. The van der Waals surface area contributed by atoms with E-state index in [0.29, 0.717) is 13.2 Å². The van der Waals surface area contributed by atoms with Crippen LogP contribution in [0.4, 0.5) is 10.5 Å². The van der Waals surface area contributed by atoms with Crippen molar-refractivity contribution in [3.8, 4) is 0 Å². The highest BCUT2D eigenvalue weighted by Gasteiger charge is 2.05. The van der Waals surface area contributed by atoms with Crippen molar-refractivity contribution in [2.75, 3.05) is 12.4 Å². The summed E-state index contributed by atoms with van der Waals surface area (Å²) in [6.45, 7) is 0.918. The number of nitrogens with one attached hydrogen (secondary N) is 2. The zero-order valence-corrected chi connectivity index (χ0v) is 11.3. The molecule has 0 saturated carbocycles. The molecule has 5 nitrogen and oxygen atoms in total. The van der Waals surface area contributed by atoms with Crippen LogP contribution in [0.15, 0.2) is 48.8 Å². The van der Waals surface area contributed by atoms with E-state index in [1.54, 1.807) is 19.5 Å². The average Bonchev–Trinajstić information content (AvgIpc) is 2.49. The molecule has 1 heterocycles. The molecule has 0 aliphatic rings. The Kier molecular flexibility index (Phi) is 5.08. The monoisotopic (exact) mass is 271 g/mol. The first-order chi connectivity index (χ1) is 9.79. The maximum absolute atomic E-state index is 11.9. The number of aromatic nitrogens is 1. The molecule has 104 valence electrons. The molecule has 0 unspecified atom stereocenters. The van der Waals surface area contributed by atoms with E-state index in [9.17, 15) is 4.79 Å². The fraction of sp³-hybridized carbons (Fsp3) is 0.200. The third-order valence-corrected chi connectivity index (χ3v) is 2.77. The van der Waals surface area contributed by atoms with Crippen LogP contribution < -0.4 is 10.6 Å². The third-order valence-electron chi connectivity index (χ3n) is 2.77. The van der Waals surface area contributed by atoms with Crippen LogP contribution in [0.3, 0.4) is 0 Å². The summed E-state index contributed by atoms with van der Waals surface area (Å²) < 4.78 is 5.10. The average molecular weight is 271 g/mol. The number of carbonyl (C=O) groups excluding carboxylic acids is 1. The lowest BCUT2D eigenvalue weighted by Gasteiger charge is -2.11. The highest BCUT2D eigenvalue weighted by Crippen LogP contribution is 2.15. The van der Waals surface area contributed by atoms with Crippen LogP contribution in [0.1, 0.15) is 11.1 Å². The number of urea groups is 1. The Morgan fingerprint density at radius 3 is 2.70 bits per heavy atom. The van der Waals surface area contributed by atoms with Gasteiger partial charge in [-0.1, -0.05) is 18.2 Å². The quantitative estimate of drug-likeness (QED) is 0.878. The largest absolute Gasteiger partial charge is 0.380 e. The second kappa shape index (κ2) is 7.25. The predicted octanol–water partition coefficient (Wildman–Crippen LogP) is 2.55. The van der Waals surface area contributed by atoms with Crippen LogP contribution in [0.25, 0.3) is 0 Å². The van der Waals surface area contributed by atoms with Gasteiger partial charge in [0.25, 0.3) is 0 Å². The molecule has 0 saturated heterocycles. The van der Waals surface area contributed by atoms with Crippen LogP contribution in [-0.4, -0.2) is 18.1 Å². The van der Waals surface area contributed by atoms with Crippen LogP contribution in [-0.2, 0) is 17.9 Å². The number of anilines is 1. The number of methoxy groups -OCH3 is 1. The van der Waals surface area contributed by atoms with Gasteiger partial charge >= 0.3 is 6.03 Å². The number of pyridine rings is 1. The Morgan fingerprint density at radius 2 is 1.95 bits per heavy atom. The molecular weight excluding hydrogens is 254 g/mol. The summed E-state index contributed by atoms with van der Waals surface area (Å²) >= 11 is 0. The molecule has 1 aromatic heterocycles. The zero-order chi connectivity index (χ0) is 14.2. The van der Waals surface area contributed by atoms with Gasteiger partial charge in [0.2, 0.25) is 0 Å². The van der Waals surface area contributed by atoms with Crippen molar-refractivity contribution in [3.63, 3.8) is 0 Å². The molecule has 0 radical (unpaired) electrons. The zero-order valence-electron chi connectivity index (χ0n) is 11.3. The summed E-state index contributed by atoms with van der Waals surface area (Å²) in [5, 5.41) is 5.62. The minimum absolute atomic E-state index is 0.245. The van der Waals surface area contributed by atoms with Gasteiger partial charge in [0.05, 0.1) is 6.61 Å². The number of hydrogen-bond donors (Lipinski definition) is 2. The smallest absolute Gasteiger partial charge is 0.319 e. The van der Waals surface area contributed by atoms with Crippen LogP contribution in [0.5, 0.6) is 0 Å². The van der Waals surface area contributed by atoms with Crippen molar-refractivity contribution in [1.82, 2.24) is 10.3 Å². The van der Waals surface area contributed by atoms with Gasteiger partial charge in [0, 0.05) is 37.3 Å². The van der Waals surface area contributed by atoms with E-state index in [1.165, 1.54) is 0 Å². The molecule has 5 heteroatoms. The van der Waals surface area contributed by atoms with Crippen LogP contribution in [0, 0.1) is 0 Å². The van der Waals surface area contributed by atoms with Gasteiger partial charge in [-0.15, -0.1) is 0 Å². The Labute approximate surface area is 118 Å². The summed E-state index contributed by atoms with van der Waals surface area (Å²) in [6, 6.07) is 11.0. The summed E-state index contributed by atoms with van der Waals surface area (Å²) in [7, 11) is 1.63. The van der Waals surface area contributed by atoms with Crippen molar-refractivity contribution in [3.05, 3.63) is 59.9 Å². The van der Waals surface area contributed by atoms with E-state index in [-0.39, 0.29) is 6.03 Å². The standard InChI is InChI=1S/C15H17N3O2/c1-20-11-13-4-2-3-5-14(13)18-15(19)17-10-12-6-8-16-9-7-12/h2-9H,10-11H2,1H3,(H2,17,18,19). The van der Waals surface area contributed by atoms with Crippen molar-refractivity contribution in [1.29, 1.82) is 0 Å². The number of nitrogens with zero attached hydrogens (tertiary/aromatic N) is 1. The highest BCUT2D eigenvalue weighted by atomic mass is 16.5. The molecule has 0 aliphatic heterocycles. The number of ether oxygens (including phenoxy) is 1. The molecule has 0 atom stereocenters. The van der Waals surface area contributed by atoms with Gasteiger partial charge in [0.15, 0.2) is 0 Å². The van der Waals surface area contributed by atoms with Gasteiger partial charge < -0.3 is 15.4 Å². The SMILES string of the molecule is COCc1ccccc1NC(=O)NCc1ccncc1. The molecule has 1 aromatic carbocycles. The van der Waals surface area contributed by atoms with Crippen LogP contribution >= 0.6 is 0 Å². The summed E-state index contributed by atoms with van der Waals surface area (Å²) in [6.07, 6.45) is 3.39. The summed E-state index contributed by atoms with van der Waals surface area (Å²) in [5.41, 5.74) is 2.69. The summed E-state index contributed by atoms with van der Waals surface area (Å²) in [4.78, 5) is 15.8. The van der Waals surface area contributed by atoms with E-state index in [2.05, 4.69) is 15.6 Å². The number of rotatable bonds is 5. The van der Waals surface area contributed by atoms with E-state index in [0.717, 1.165) is 16.8 Å². The first kappa shape index (κ1) is 14.0. The number of amides is 2. The normalized spacial score (nSPS) is 10.1. The Balaban J connectivity index is 1.91. The molecular formula is C15H17N3O2. The van der Waals surface area contributed by atoms with Gasteiger partial charge in [-0.25, -0.2) is 4.79 Å². The van der Waals surface area contributed by atoms with E-state index in [4.69, 9.17) is 4.74 Å². The number of hydrogen-bond acceptors (Lipinski definition) is 3. The molecule has 0 fully saturated rings. The van der Waals surface area contributed by atoms with Gasteiger partial charge in [0.1, 0.15) is 0 Å². The van der Waals surface area contributed by atoms with Gasteiger partial charge in [-0.05, 0) is 23.8 Å². The Bertz CT molecular complexity index is 558. The third kappa shape index (κ3) is 4.07. The topological polar surface area (TPSA) is 63.2 Å². The molecule has 2 rings (SSSR count). The van der Waals surface area contributed by atoms with Crippen molar-refractivity contribution >= 4 is 11.7 Å². The lowest BCUT2D eigenvalue weighted by atomic mass is 10.2. The number of para-hydroxylation sites is 1. The predicted molar refractivity (Wildman–Crippen MR) is 77.3 cm³/mol. The maximum Gasteiger partial charge on any atom is 0.319 e. The number of carbonyl (C=O) groups is 1. The van der Waals surface area contributed by atoms with Crippen LogP contribution in [0.2, 0.25) is 0 Å². The van der Waals surface area contributed by atoms with E-state index < -0.39 is 0 Å². The molecule has 0 bridgehead atoms. The van der Waals surface area contributed by atoms with Gasteiger partial charge in [-0.2, -0.15) is 0 Å². The Morgan fingerprint density at radius 1 is 1.20 bits per heavy atom. The lowest BCUT2D eigenvalue weighted by molar-refractivity contribution is 0.185. The second-order valence-corrected chi connectivity index (χ2v) is 4.25. The fourth-order valence-electron chi connectivity index (χ4n) is 1.77. The molecule has 2 aromatic rings. The van der Waals surface area contributed by atoms with Crippen molar-refractivity contribution in [2.24, 2.45) is 0 Å². The Hall–Kier alpha value is -2.40. The summed E-state index contributed by atoms with van der Waals surface area (Å²) in [5.74, 6) is 0. The molecule has 0 spiro atoms. The minimum atomic E-state index is -0.245. The molecule has 2 amide bonds. The first-order valence-corrected chi connectivity index (χ1v) is 6.30.